The highest BCUT2D eigenvalue weighted by atomic mass is 16.6. The van der Waals surface area contributed by atoms with E-state index in [4.69, 9.17) is 4.74 Å². The van der Waals surface area contributed by atoms with Crippen molar-refractivity contribution in [3.8, 4) is 5.75 Å². The summed E-state index contributed by atoms with van der Waals surface area (Å²) in [4.78, 5) is 37.2. The highest BCUT2D eigenvalue weighted by molar-refractivity contribution is 5.95. The molecule has 1 aliphatic heterocycles. The lowest BCUT2D eigenvalue weighted by Gasteiger charge is -2.31. The number of ether oxygens (including phenoxy) is 1. The quantitative estimate of drug-likeness (QED) is 0.631. The molecule has 2 aromatic carbocycles. The molecule has 2 amide bonds. The minimum Gasteiger partial charge on any atom is -0.497 e. The summed E-state index contributed by atoms with van der Waals surface area (Å²) >= 11 is 0. The first kappa shape index (κ1) is 19.3. The van der Waals surface area contributed by atoms with Crippen LogP contribution in [-0.4, -0.2) is 41.8 Å². The minimum atomic E-state index is -0.502. The Morgan fingerprint density at radius 2 is 1.86 bits per heavy atom. The first-order valence-corrected chi connectivity index (χ1v) is 8.96. The number of carbonyl (C=O) groups excluding carboxylic acids is 2. The molecular formula is C20H21N3O5. The number of nitro groups is 1. The summed E-state index contributed by atoms with van der Waals surface area (Å²) in [6, 6.07) is 12.8. The third kappa shape index (κ3) is 4.46. The molecule has 1 N–H and O–H groups in total. The molecule has 0 spiro atoms. The zero-order chi connectivity index (χ0) is 20.1. The molecule has 28 heavy (non-hydrogen) atoms. The van der Waals surface area contributed by atoms with Gasteiger partial charge in [0, 0.05) is 42.4 Å². The van der Waals surface area contributed by atoms with E-state index in [2.05, 4.69) is 5.32 Å². The average Bonchev–Trinajstić information content (AvgIpc) is 2.73. The van der Waals surface area contributed by atoms with Gasteiger partial charge in [0.1, 0.15) is 5.75 Å². The number of rotatable bonds is 5. The molecule has 0 unspecified atom stereocenters. The third-order valence-corrected chi connectivity index (χ3v) is 4.79. The fraction of sp³-hybridized carbons (Fsp3) is 0.300. The van der Waals surface area contributed by atoms with Crippen molar-refractivity contribution in [1.29, 1.82) is 0 Å². The van der Waals surface area contributed by atoms with Crippen molar-refractivity contribution in [2.75, 3.05) is 25.5 Å². The molecular weight excluding hydrogens is 362 g/mol. The van der Waals surface area contributed by atoms with Gasteiger partial charge in [0.2, 0.25) is 5.91 Å². The van der Waals surface area contributed by atoms with Gasteiger partial charge in [0.15, 0.2) is 0 Å². The van der Waals surface area contributed by atoms with E-state index in [0.29, 0.717) is 42.9 Å². The van der Waals surface area contributed by atoms with Gasteiger partial charge in [0.05, 0.1) is 12.0 Å². The average molecular weight is 383 g/mol. The molecule has 8 heteroatoms. The van der Waals surface area contributed by atoms with Gasteiger partial charge in [-0.1, -0.05) is 12.1 Å². The molecule has 0 atom stereocenters. The highest BCUT2D eigenvalue weighted by Gasteiger charge is 2.28. The van der Waals surface area contributed by atoms with Crippen molar-refractivity contribution in [1.82, 2.24) is 4.90 Å². The Morgan fingerprint density at radius 1 is 1.14 bits per heavy atom. The summed E-state index contributed by atoms with van der Waals surface area (Å²) in [6.45, 7) is 0.951. The number of non-ortho nitro benzene ring substituents is 1. The van der Waals surface area contributed by atoms with Crippen molar-refractivity contribution in [2.24, 2.45) is 5.92 Å². The Labute approximate surface area is 162 Å². The minimum absolute atomic E-state index is 0.0727. The van der Waals surface area contributed by atoms with Gasteiger partial charge in [-0.25, -0.2) is 0 Å². The van der Waals surface area contributed by atoms with Crippen LogP contribution >= 0.6 is 0 Å². The van der Waals surface area contributed by atoms with Gasteiger partial charge in [-0.3, -0.25) is 19.7 Å². The van der Waals surface area contributed by atoms with E-state index < -0.39 is 4.92 Å². The van der Waals surface area contributed by atoms with E-state index in [0.717, 1.165) is 0 Å². The van der Waals surface area contributed by atoms with Gasteiger partial charge < -0.3 is 15.0 Å². The van der Waals surface area contributed by atoms with E-state index in [1.54, 1.807) is 42.3 Å². The molecule has 0 saturated carbocycles. The molecule has 0 aliphatic carbocycles. The lowest BCUT2D eigenvalue weighted by molar-refractivity contribution is -0.384. The molecule has 0 aromatic heterocycles. The zero-order valence-corrected chi connectivity index (χ0v) is 15.5. The fourth-order valence-corrected chi connectivity index (χ4v) is 3.22. The van der Waals surface area contributed by atoms with E-state index in [1.165, 1.54) is 18.2 Å². The van der Waals surface area contributed by atoms with Crippen LogP contribution in [0.5, 0.6) is 5.75 Å². The number of nitrogens with one attached hydrogen (secondary N) is 1. The van der Waals surface area contributed by atoms with Gasteiger partial charge in [0.25, 0.3) is 11.6 Å². The molecule has 2 aromatic rings. The second-order valence-electron chi connectivity index (χ2n) is 6.60. The van der Waals surface area contributed by atoms with Crippen LogP contribution in [0, 0.1) is 16.0 Å². The van der Waals surface area contributed by atoms with E-state index >= 15 is 0 Å². The molecule has 3 rings (SSSR count). The first-order chi connectivity index (χ1) is 13.5. The van der Waals surface area contributed by atoms with Crippen molar-refractivity contribution < 1.29 is 19.2 Å². The molecule has 0 bridgehead atoms. The topological polar surface area (TPSA) is 102 Å². The number of piperidine rings is 1. The van der Waals surface area contributed by atoms with Crippen molar-refractivity contribution in [2.45, 2.75) is 12.8 Å². The lowest BCUT2D eigenvalue weighted by Crippen LogP contribution is -2.41. The summed E-state index contributed by atoms with van der Waals surface area (Å²) in [5.74, 6) is 0.108. The molecule has 1 saturated heterocycles. The second kappa shape index (κ2) is 8.51. The van der Waals surface area contributed by atoms with Crippen molar-refractivity contribution in [3.63, 3.8) is 0 Å². The number of nitro benzene ring substituents is 1. The number of hydrogen-bond acceptors (Lipinski definition) is 5. The maximum atomic E-state index is 12.6. The van der Waals surface area contributed by atoms with Crippen LogP contribution in [0.2, 0.25) is 0 Å². The second-order valence-corrected chi connectivity index (χ2v) is 6.60. The van der Waals surface area contributed by atoms with Crippen LogP contribution in [0.25, 0.3) is 0 Å². The van der Waals surface area contributed by atoms with Gasteiger partial charge >= 0.3 is 0 Å². The zero-order valence-electron chi connectivity index (χ0n) is 15.5. The van der Waals surface area contributed by atoms with Crippen LogP contribution in [0.1, 0.15) is 23.2 Å². The monoisotopic (exact) mass is 383 g/mol. The number of carbonyl (C=O) groups is 2. The summed E-state index contributed by atoms with van der Waals surface area (Å²) < 4.78 is 5.15. The maximum Gasteiger partial charge on any atom is 0.271 e. The summed E-state index contributed by atoms with van der Waals surface area (Å²) in [7, 11) is 1.55. The van der Waals surface area contributed by atoms with Crippen molar-refractivity contribution in [3.05, 3.63) is 64.2 Å². The lowest BCUT2D eigenvalue weighted by atomic mass is 9.95. The number of hydrogen-bond donors (Lipinski definition) is 1. The van der Waals surface area contributed by atoms with Gasteiger partial charge in [-0.2, -0.15) is 0 Å². The highest BCUT2D eigenvalue weighted by Crippen LogP contribution is 2.23. The Hall–Kier alpha value is -3.42. The SMILES string of the molecule is COc1cccc(C(=O)N2CCC(C(=O)Nc3cccc([N+](=O)[O-])c3)CC2)c1. The smallest absolute Gasteiger partial charge is 0.271 e. The molecule has 1 heterocycles. The number of likely N-dealkylation sites (tertiary alicyclic amines) is 1. The summed E-state index contributed by atoms with van der Waals surface area (Å²) in [5.41, 5.74) is 0.879. The normalized spacial score (nSPS) is 14.4. The van der Waals surface area contributed by atoms with E-state index in [9.17, 15) is 19.7 Å². The van der Waals surface area contributed by atoms with Crippen molar-refractivity contribution >= 4 is 23.2 Å². The number of anilines is 1. The first-order valence-electron chi connectivity index (χ1n) is 8.96. The summed E-state index contributed by atoms with van der Waals surface area (Å²) in [5, 5.41) is 13.6. The molecule has 8 nitrogen and oxygen atoms in total. The van der Waals surface area contributed by atoms with Gasteiger partial charge in [-0.15, -0.1) is 0 Å². The van der Waals surface area contributed by atoms with Crippen LogP contribution in [0.15, 0.2) is 48.5 Å². The predicted molar refractivity (Wildman–Crippen MR) is 103 cm³/mol. The predicted octanol–water partition coefficient (Wildman–Crippen LogP) is 3.09. The molecule has 1 fully saturated rings. The van der Waals surface area contributed by atoms with Gasteiger partial charge in [-0.05, 0) is 37.1 Å². The van der Waals surface area contributed by atoms with Crippen LogP contribution in [0.3, 0.4) is 0 Å². The Kier molecular flexibility index (Phi) is 5.88. The van der Waals surface area contributed by atoms with Crippen LogP contribution < -0.4 is 10.1 Å². The van der Waals surface area contributed by atoms with Crippen LogP contribution in [0.4, 0.5) is 11.4 Å². The molecule has 1 aliphatic rings. The van der Waals surface area contributed by atoms with E-state index in [1.807, 2.05) is 0 Å². The summed E-state index contributed by atoms with van der Waals surface area (Å²) in [6.07, 6.45) is 1.08. The number of benzene rings is 2. The van der Waals surface area contributed by atoms with E-state index in [-0.39, 0.29) is 23.4 Å². The molecule has 146 valence electrons. The van der Waals surface area contributed by atoms with Crippen LogP contribution in [-0.2, 0) is 4.79 Å². The third-order valence-electron chi connectivity index (χ3n) is 4.79. The standard InChI is InChI=1S/C20H21N3O5/c1-28-18-7-2-4-15(12-18)20(25)22-10-8-14(9-11-22)19(24)21-16-5-3-6-17(13-16)23(26)27/h2-7,12-14H,8-11H2,1H3,(H,21,24). The number of methoxy groups -OCH3 is 1. The molecule has 0 radical (unpaired) electrons. The number of amides is 2. The fourth-order valence-electron chi connectivity index (χ4n) is 3.22. The Balaban J connectivity index is 1.57. The maximum absolute atomic E-state index is 12.6. The largest absolute Gasteiger partial charge is 0.497 e. The Morgan fingerprint density at radius 3 is 2.54 bits per heavy atom. The number of nitrogens with zero attached hydrogens (tertiary/aromatic N) is 2. The Bertz CT molecular complexity index is 891.